The first-order chi connectivity index (χ1) is 14.0. The number of sulfonamides is 1. The van der Waals surface area contributed by atoms with E-state index in [0.29, 0.717) is 24.9 Å². The molecule has 160 valence electrons. The van der Waals surface area contributed by atoms with E-state index in [1.807, 2.05) is 4.90 Å². The molecule has 1 aliphatic heterocycles. The van der Waals surface area contributed by atoms with Crippen molar-refractivity contribution in [3.63, 3.8) is 0 Å². The van der Waals surface area contributed by atoms with Gasteiger partial charge in [-0.15, -0.1) is 0 Å². The van der Waals surface area contributed by atoms with Gasteiger partial charge in [0.15, 0.2) is 5.03 Å². The van der Waals surface area contributed by atoms with Crippen LogP contribution in [0.3, 0.4) is 0 Å². The predicted octanol–water partition coefficient (Wildman–Crippen LogP) is 2.24. The highest BCUT2D eigenvalue weighted by atomic mass is 32.2. The molecule has 8 nitrogen and oxygen atoms in total. The van der Waals surface area contributed by atoms with E-state index in [2.05, 4.69) is 15.3 Å². The third-order valence-corrected chi connectivity index (χ3v) is 6.31. The molecule has 3 heterocycles. The lowest BCUT2D eigenvalue weighted by molar-refractivity contribution is -0.137. The summed E-state index contributed by atoms with van der Waals surface area (Å²) in [7, 11) is -4.11. The summed E-state index contributed by atoms with van der Waals surface area (Å²) in [5.41, 5.74) is -1.25. The third kappa shape index (κ3) is 3.97. The highest BCUT2D eigenvalue weighted by Gasteiger charge is 2.41. The number of carbonyl (C=O) groups is 1. The number of amides is 1. The first-order valence-electron chi connectivity index (χ1n) is 9.15. The number of hydrogen-bond donors (Lipinski definition) is 2. The van der Waals surface area contributed by atoms with Gasteiger partial charge in [0.1, 0.15) is 5.82 Å². The fourth-order valence-corrected chi connectivity index (χ4v) is 4.30. The lowest BCUT2D eigenvalue weighted by atomic mass is 9.77. The van der Waals surface area contributed by atoms with Gasteiger partial charge in [0.2, 0.25) is 0 Å². The number of fused-ring (bicyclic) bond motifs is 1. The van der Waals surface area contributed by atoms with Gasteiger partial charge in [0.05, 0.1) is 11.1 Å². The van der Waals surface area contributed by atoms with Gasteiger partial charge in [-0.05, 0) is 36.8 Å². The molecule has 0 bridgehead atoms. The van der Waals surface area contributed by atoms with Gasteiger partial charge in [0, 0.05) is 37.2 Å². The molecule has 2 fully saturated rings. The van der Waals surface area contributed by atoms with Crippen molar-refractivity contribution in [3.05, 3.63) is 41.7 Å². The summed E-state index contributed by atoms with van der Waals surface area (Å²) in [4.78, 5) is 22.3. The summed E-state index contributed by atoms with van der Waals surface area (Å²) in [6.45, 7) is 1.27. The number of nitrogens with zero attached hydrogens (tertiary/aromatic N) is 3. The van der Waals surface area contributed by atoms with E-state index in [1.165, 1.54) is 6.07 Å². The topological polar surface area (TPSA) is 118 Å². The van der Waals surface area contributed by atoms with Crippen molar-refractivity contribution < 1.29 is 26.4 Å². The maximum absolute atomic E-state index is 13.2. The van der Waals surface area contributed by atoms with Gasteiger partial charge >= 0.3 is 6.18 Å². The molecule has 3 N–H and O–H groups in total. The second-order valence-corrected chi connectivity index (χ2v) is 8.99. The highest BCUT2D eigenvalue weighted by Crippen LogP contribution is 2.42. The van der Waals surface area contributed by atoms with E-state index >= 15 is 0 Å². The molecule has 1 amide bonds. The van der Waals surface area contributed by atoms with Crippen molar-refractivity contribution in [2.45, 2.75) is 24.0 Å². The normalized spacial score (nSPS) is 21.1. The number of nitrogens with one attached hydrogen (secondary N) is 1. The number of nitrogens with two attached hydrogens (primary N) is 1. The number of halogens is 3. The number of rotatable bonds is 4. The minimum absolute atomic E-state index is 0.0314. The summed E-state index contributed by atoms with van der Waals surface area (Å²) in [5.74, 6) is 0.259. The molecule has 2 atom stereocenters. The van der Waals surface area contributed by atoms with E-state index in [0.717, 1.165) is 37.4 Å². The minimum atomic E-state index is -4.66. The standard InChI is InChI=1S/C18H18F3N5O3S/c19-18(20,21)12-5-14(16(24-7-12)26-8-10-1-2-11(10)9-26)17(27)25-13-3-4-23-15(6-13)30(22,28)29/h3-7,10-11H,1-2,8-9H2,(H2,22,28,29)(H,23,25,27)/t10-,11+. The molecular weight excluding hydrogens is 423 g/mol. The van der Waals surface area contributed by atoms with Crippen LogP contribution < -0.4 is 15.4 Å². The van der Waals surface area contributed by atoms with E-state index in [9.17, 15) is 26.4 Å². The molecule has 1 saturated carbocycles. The molecule has 0 radical (unpaired) electrons. The fourth-order valence-electron chi connectivity index (χ4n) is 3.81. The van der Waals surface area contributed by atoms with Crippen molar-refractivity contribution >= 4 is 27.4 Å². The molecule has 2 aromatic rings. The van der Waals surface area contributed by atoms with E-state index in [1.54, 1.807) is 0 Å². The van der Waals surface area contributed by atoms with Gasteiger partial charge in [-0.1, -0.05) is 0 Å². The lowest BCUT2D eigenvalue weighted by Gasteiger charge is -2.27. The molecule has 1 saturated heterocycles. The Bertz CT molecular complexity index is 1090. The molecule has 1 aliphatic carbocycles. The van der Waals surface area contributed by atoms with Crippen LogP contribution in [0, 0.1) is 11.8 Å². The van der Waals surface area contributed by atoms with E-state index in [4.69, 9.17) is 5.14 Å². The average Bonchev–Trinajstić information content (AvgIpc) is 2.94. The summed E-state index contributed by atoms with van der Waals surface area (Å²) < 4.78 is 62.5. The summed E-state index contributed by atoms with van der Waals surface area (Å²) in [6.07, 6.45) is -0.716. The fraction of sp³-hybridized carbons (Fsp3) is 0.389. The van der Waals surface area contributed by atoms with Crippen LogP contribution in [0.15, 0.2) is 35.6 Å². The van der Waals surface area contributed by atoms with Crippen LogP contribution in [0.25, 0.3) is 0 Å². The zero-order valence-electron chi connectivity index (χ0n) is 15.6. The van der Waals surface area contributed by atoms with Crippen LogP contribution in [-0.2, 0) is 16.2 Å². The molecular formula is C18H18F3N5O3S. The first kappa shape index (κ1) is 20.5. The first-order valence-corrected chi connectivity index (χ1v) is 10.7. The highest BCUT2D eigenvalue weighted by molar-refractivity contribution is 7.89. The van der Waals surface area contributed by atoms with Crippen LogP contribution >= 0.6 is 0 Å². The number of aromatic nitrogens is 2. The maximum Gasteiger partial charge on any atom is 0.417 e. The molecule has 30 heavy (non-hydrogen) atoms. The van der Waals surface area contributed by atoms with Gasteiger partial charge in [-0.3, -0.25) is 4.79 Å². The Morgan fingerprint density at radius 3 is 2.40 bits per heavy atom. The number of primary sulfonamides is 1. The Labute approximate surface area is 170 Å². The zero-order chi connectivity index (χ0) is 21.7. The lowest BCUT2D eigenvalue weighted by Crippen LogP contribution is -2.26. The van der Waals surface area contributed by atoms with Gasteiger partial charge in [0.25, 0.3) is 15.9 Å². The van der Waals surface area contributed by atoms with Gasteiger partial charge in [-0.25, -0.2) is 23.5 Å². The average molecular weight is 441 g/mol. The molecule has 2 aromatic heterocycles. The molecule has 0 spiro atoms. The van der Waals surface area contributed by atoms with Crippen LogP contribution in [0.4, 0.5) is 24.7 Å². The number of alkyl halides is 3. The smallest absolute Gasteiger partial charge is 0.355 e. The van der Waals surface area contributed by atoms with Crippen molar-refractivity contribution in [1.29, 1.82) is 0 Å². The second kappa shape index (κ2) is 7.20. The van der Waals surface area contributed by atoms with E-state index in [-0.39, 0.29) is 17.1 Å². The number of hydrogen-bond acceptors (Lipinski definition) is 6. The van der Waals surface area contributed by atoms with Crippen LogP contribution in [-0.4, -0.2) is 37.4 Å². The van der Waals surface area contributed by atoms with Crippen molar-refractivity contribution in [2.75, 3.05) is 23.3 Å². The van der Waals surface area contributed by atoms with Crippen molar-refractivity contribution in [3.8, 4) is 0 Å². The largest absolute Gasteiger partial charge is 0.417 e. The molecule has 4 rings (SSSR count). The number of anilines is 2. The Kier molecular flexibility index (Phi) is 4.93. The predicted molar refractivity (Wildman–Crippen MR) is 101 cm³/mol. The van der Waals surface area contributed by atoms with Crippen molar-refractivity contribution in [1.82, 2.24) is 9.97 Å². The minimum Gasteiger partial charge on any atom is -0.355 e. The third-order valence-electron chi connectivity index (χ3n) is 5.51. The van der Waals surface area contributed by atoms with Crippen LogP contribution in [0.5, 0.6) is 0 Å². The molecule has 0 aromatic carbocycles. The summed E-state index contributed by atoms with van der Waals surface area (Å²) >= 11 is 0. The van der Waals surface area contributed by atoms with Gasteiger partial charge in [-0.2, -0.15) is 13.2 Å². The quantitative estimate of drug-likeness (QED) is 0.751. The Morgan fingerprint density at radius 2 is 1.83 bits per heavy atom. The zero-order valence-corrected chi connectivity index (χ0v) is 16.4. The van der Waals surface area contributed by atoms with Gasteiger partial charge < -0.3 is 10.2 Å². The molecule has 0 unspecified atom stereocenters. The van der Waals surface area contributed by atoms with Crippen molar-refractivity contribution in [2.24, 2.45) is 17.0 Å². The summed E-state index contributed by atoms with van der Waals surface area (Å²) in [5, 5.41) is 6.97. The van der Waals surface area contributed by atoms with Crippen LogP contribution in [0.1, 0.15) is 28.8 Å². The Morgan fingerprint density at radius 1 is 1.17 bits per heavy atom. The monoisotopic (exact) mass is 441 g/mol. The number of pyridine rings is 2. The Balaban J connectivity index is 1.68. The maximum atomic E-state index is 13.2. The number of carbonyl (C=O) groups excluding carboxylic acids is 1. The molecule has 2 aliphatic rings. The van der Waals surface area contributed by atoms with Crippen LogP contribution in [0.2, 0.25) is 0 Å². The second-order valence-electron chi connectivity index (χ2n) is 7.48. The SMILES string of the molecule is NS(=O)(=O)c1cc(NC(=O)c2cc(C(F)(F)F)cnc2N2C[C@H]3CC[C@H]3C2)ccn1. The van der Waals surface area contributed by atoms with E-state index < -0.39 is 32.7 Å². The molecule has 12 heteroatoms. The Hall–Kier alpha value is -2.73. The summed E-state index contributed by atoms with van der Waals surface area (Å²) in [6, 6.07) is 3.10.